The second-order valence-corrected chi connectivity index (χ2v) is 21.2. The summed E-state index contributed by atoms with van der Waals surface area (Å²) in [6, 6.07) is 56.6. The molecule has 0 saturated carbocycles. The molecule has 0 N–H and O–H groups in total. The number of benzene rings is 7. The Hall–Kier alpha value is -4.36. The van der Waals surface area contributed by atoms with Crippen LogP contribution in [0.4, 0.5) is 17.1 Å². The van der Waals surface area contributed by atoms with Crippen molar-refractivity contribution in [1.29, 1.82) is 0 Å². The molecular weight excluding hydrogens is 657 g/mol. The lowest BCUT2D eigenvalue weighted by Crippen LogP contribution is -2.46. The first-order valence-corrected chi connectivity index (χ1v) is 21.8. The first-order chi connectivity index (χ1) is 23.5. The molecule has 2 heterocycles. The van der Waals surface area contributed by atoms with E-state index in [1.165, 1.54) is 65.3 Å². The summed E-state index contributed by atoms with van der Waals surface area (Å²) in [6.45, 7) is 2.21. The first-order valence-electron chi connectivity index (χ1n) is 16.2. The fourth-order valence-corrected chi connectivity index (χ4v) is 16.2. The Morgan fingerprint density at radius 1 is 0.396 bits per heavy atom. The molecule has 9 rings (SSSR count). The van der Waals surface area contributed by atoms with E-state index < -0.39 is 12.1 Å². The molecule has 0 aromatic heterocycles. The molecule has 2 unspecified atom stereocenters. The van der Waals surface area contributed by atoms with Gasteiger partial charge in [-0.05, 0) is 69.6 Å². The fourth-order valence-electron chi connectivity index (χ4n) is 7.47. The highest BCUT2D eigenvalue weighted by molar-refractivity contribution is 8.27. The van der Waals surface area contributed by atoms with E-state index in [4.69, 9.17) is 23.6 Å². The second-order valence-electron chi connectivity index (χ2n) is 12.5. The van der Waals surface area contributed by atoms with Gasteiger partial charge in [0.05, 0.1) is 17.1 Å². The van der Waals surface area contributed by atoms with Crippen molar-refractivity contribution in [3.8, 4) is 22.3 Å². The van der Waals surface area contributed by atoms with E-state index in [1.54, 1.807) is 0 Å². The van der Waals surface area contributed by atoms with Crippen molar-refractivity contribution in [1.82, 2.24) is 0 Å². The Morgan fingerprint density at radius 2 is 0.771 bits per heavy atom. The summed E-state index contributed by atoms with van der Waals surface area (Å²) < 4.78 is 0. The number of anilines is 3. The van der Waals surface area contributed by atoms with Crippen molar-refractivity contribution in [2.75, 3.05) is 4.90 Å². The Labute approximate surface area is 292 Å². The van der Waals surface area contributed by atoms with Gasteiger partial charge in [-0.15, -0.1) is 0 Å². The standard InChI is InChI=1S/C43H31NP2S2/c1-30-26-41-43-42(27-30)46(48,36-20-12-5-13-21-36)40-25-23-34(32-16-8-3-9-17-32)29-38(40)44(43)37-28-33(31-14-6-2-7-15-31)22-24-39(37)45(41,47)35-18-10-4-11-19-35/h2-29H,1H3. The topological polar surface area (TPSA) is 3.24 Å². The van der Waals surface area contributed by atoms with Crippen LogP contribution in [0.25, 0.3) is 22.3 Å². The molecular formula is C43H31NP2S2. The largest absolute Gasteiger partial charge is 0.308 e. The van der Waals surface area contributed by atoms with Crippen molar-refractivity contribution in [3.05, 3.63) is 175 Å². The van der Waals surface area contributed by atoms with Crippen LogP contribution in [0.1, 0.15) is 5.56 Å². The van der Waals surface area contributed by atoms with Gasteiger partial charge in [0, 0.05) is 33.3 Å². The zero-order valence-electron chi connectivity index (χ0n) is 26.3. The molecule has 0 saturated heterocycles. The zero-order chi connectivity index (χ0) is 32.5. The maximum absolute atomic E-state index is 7.09. The minimum atomic E-state index is -2.49. The van der Waals surface area contributed by atoms with Gasteiger partial charge >= 0.3 is 0 Å². The summed E-state index contributed by atoms with van der Waals surface area (Å²) in [4.78, 5) is 2.52. The van der Waals surface area contributed by atoms with Gasteiger partial charge in [0.2, 0.25) is 0 Å². The highest BCUT2D eigenvalue weighted by Gasteiger charge is 2.46. The molecule has 0 bridgehead atoms. The molecule has 7 aromatic carbocycles. The SMILES string of the molecule is Cc1cc2c3c(c1)P(=S)(c1ccccc1)c1ccc(-c4ccccc4)cc1N3c1cc(-c3ccccc3)ccc1P2(=S)c1ccccc1. The predicted molar refractivity (Wildman–Crippen MR) is 216 cm³/mol. The van der Waals surface area contributed by atoms with Crippen LogP contribution in [0.2, 0.25) is 0 Å². The maximum Gasteiger partial charge on any atom is 0.0644 e. The molecule has 0 spiro atoms. The Morgan fingerprint density at radius 3 is 1.17 bits per heavy atom. The number of hydrogen-bond acceptors (Lipinski definition) is 3. The van der Waals surface area contributed by atoms with Crippen LogP contribution < -0.4 is 36.7 Å². The van der Waals surface area contributed by atoms with Gasteiger partial charge in [-0.3, -0.25) is 0 Å². The van der Waals surface area contributed by atoms with Crippen molar-refractivity contribution < 1.29 is 0 Å². The van der Waals surface area contributed by atoms with Crippen molar-refractivity contribution in [2.45, 2.75) is 6.92 Å². The van der Waals surface area contributed by atoms with Gasteiger partial charge in [0.1, 0.15) is 0 Å². The van der Waals surface area contributed by atoms with E-state index in [9.17, 15) is 0 Å². The van der Waals surface area contributed by atoms with E-state index in [2.05, 4.69) is 182 Å². The van der Waals surface area contributed by atoms with Gasteiger partial charge < -0.3 is 4.90 Å². The Balaban J connectivity index is 1.45. The smallest absolute Gasteiger partial charge is 0.0644 e. The average molecular weight is 688 g/mol. The fraction of sp³-hybridized carbons (Fsp3) is 0.0233. The predicted octanol–water partition coefficient (Wildman–Crippen LogP) is 8.94. The van der Waals surface area contributed by atoms with Crippen LogP contribution in [0.15, 0.2) is 170 Å². The molecule has 2 aliphatic heterocycles. The number of aryl methyl sites for hydroxylation is 1. The number of fused-ring (bicyclic) bond motifs is 4. The van der Waals surface area contributed by atoms with Gasteiger partial charge in [-0.2, -0.15) is 0 Å². The minimum absolute atomic E-state index is 1.15. The highest BCUT2D eigenvalue weighted by atomic mass is 32.4. The molecule has 48 heavy (non-hydrogen) atoms. The summed E-state index contributed by atoms with van der Waals surface area (Å²) in [5, 5.41) is 7.33. The monoisotopic (exact) mass is 687 g/mol. The maximum atomic E-state index is 7.09. The van der Waals surface area contributed by atoms with E-state index >= 15 is 0 Å². The molecule has 0 fully saturated rings. The number of rotatable bonds is 4. The van der Waals surface area contributed by atoms with Crippen LogP contribution in [-0.4, -0.2) is 0 Å². The normalized spacial score (nSPS) is 18.8. The first kappa shape index (κ1) is 29.8. The van der Waals surface area contributed by atoms with E-state index in [0.717, 1.165) is 11.4 Å². The molecule has 0 aliphatic carbocycles. The third-order valence-corrected chi connectivity index (χ3v) is 19.5. The lowest BCUT2D eigenvalue weighted by molar-refractivity contribution is 1.30. The zero-order valence-corrected chi connectivity index (χ0v) is 29.7. The quantitative estimate of drug-likeness (QED) is 0.170. The average Bonchev–Trinajstić information content (AvgIpc) is 3.15. The van der Waals surface area contributed by atoms with Crippen LogP contribution in [0.3, 0.4) is 0 Å². The summed E-state index contributed by atoms with van der Waals surface area (Å²) in [7, 11) is 0. The second kappa shape index (κ2) is 11.4. The highest BCUT2D eigenvalue weighted by Crippen LogP contribution is 2.61. The molecule has 1 nitrogen and oxygen atoms in total. The van der Waals surface area contributed by atoms with E-state index in [1.807, 2.05) is 0 Å². The van der Waals surface area contributed by atoms with E-state index in [0.29, 0.717) is 0 Å². The summed E-state index contributed by atoms with van der Waals surface area (Å²) in [6.07, 6.45) is 0. The molecule has 2 atom stereocenters. The molecule has 5 heteroatoms. The van der Waals surface area contributed by atoms with Crippen molar-refractivity contribution in [3.63, 3.8) is 0 Å². The third kappa shape index (κ3) is 4.36. The van der Waals surface area contributed by atoms with Crippen LogP contribution in [0, 0.1) is 6.92 Å². The van der Waals surface area contributed by atoms with Crippen molar-refractivity contribution in [2.24, 2.45) is 0 Å². The van der Waals surface area contributed by atoms with Crippen molar-refractivity contribution >= 4 is 84.6 Å². The molecule has 0 radical (unpaired) electrons. The molecule has 0 amide bonds. The van der Waals surface area contributed by atoms with E-state index in [-0.39, 0.29) is 0 Å². The lowest BCUT2D eigenvalue weighted by Gasteiger charge is -2.47. The van der Waals surface area contributed by atoms with Gasteiger partial charge in [0.15, 0.2) is 0 Å². The Bertz CT molecular complexity index is 2290. The van der Waals surface area contributed by atoms with Gasteiger partial charge in [-0.25, -0.2) is 0 Å². The van der Waals surface area contributed by atoms with Crippen LogP contribution in [-0.2, 0) is 23.6 Å². The summed E-state index contributed by atoms with van der Waals surface area (Å²) in [5.74, 6) is 0. The van der Waals surface area contributed by atoms with Gasteiger partial charge in [-0.1, -0.05) is 169 Å². The van der Waals surface area contributed by atoms with Gasteiger partial charge in [0.25, 0.3) is 0 Å². The lowest BCUT2D eigenvalue weighted by atomic mass is 10.0. The minimum Gasteiger partial charge on any atom is -0.308 e. The van der Waals surface area contributed by atoms with Crippen LogP contribution in [0.5, 0.6) is 0 Å². The summed E-state index contributed by atoms with van der Waals surface area (Å²) >= 11 is 14.2. The molecule has 230 valence electrons. The third-order valence-electron chi connectivity index (χ3n) is 9.68. The molecule has 7 aromatic rings. The van der Waals surface area contributed by atoms with Crippen LogP contribution >= 0.6 is 12.1 Å². The number of nitrogens with zero attached hydrogens (tertiary/aromatic N) is 1. The summed E-state index contributed by atoms with van der Waals surface area (Å²) in [5.41, 5.74) is 9.43. The number of hydrogen-bond donors (Lipinski definition) is 0. The Kier molecular flexibility index (Phi) is 7.05. The molecule has 2 aliphatic rings.